The number of hydrogen-bond donors (Lipinski definition) is 3. The maximum Gasteiger partial charge on any atom is 0.227 e. The first-order chi connectivity index (χ1) is 18.1. The summed E-state index contributed by atoms with van der Waals surface area (Å²) in [4.78, 5) is 29.1. The Morgan fingerprint density at radius 2 is 1.76 bits per heavy atom. The van der Waals surface area contributed by atoms with Gasteiger partial charge in [-0.3, -0.25) is 19.9 Å². The Bertz CT molecular complexity index is 1800. The van der Waals surface area contributed by atoms with Gasteiger partial charge in [-0.2, -0.15) is 5.10 Å². The second kappa shape index (κ2) is 8.34. The van der Waals surface area contributed by atoms with Crippen molar-refractivity contribution in [2.24, 2.45) is 5.92 Å². The Balaban J connectivity index is 1.28. The van der Waals surface area contributed by atoms with Crippen LogP contribution >= 0.6 is 0 Å². The van der Waals surface area contributed by atoms with E-state index in [1.165, 1.54) is 12.1 Å². The molecule has 1 aromatic carbocycles. The third-order valence-corrected chi connectivity index (χ3v) is 6.61. The maximum absolute atomic E-state index is 13.5. The average Bonchev–Trinajstić information content (AvgIpc) is 3.55. The molecule has 3 N–H and O–H groups in total. The lowest BCUT2D eigenvalue weighted by molar-refractivity contribution is -0.117. The molecule has 9 heteroatoms. The van der Waals surface area contributed by atoms with Gasteiger partial charge in [0.25, 0.3) is 0 Å². The van der Waals surface area contributed by atoms with E-state index in [2.05, 4.69) is 30.5 Å². The first kappa shape index (κ1) is 21.4. The molecule has 37 heavy (non-hydrogen) atoms. The molecule has 0 unspecified atom stereocenters. The van der Waals surface area contributed by atoms with Gasteiger partial charge in [-0.15, -0.1) is 0 Å². The number of halogens is 1. The van der Waals surface area contributed by atoms with Gasteiger partial charge >= 0.3 is 0 Å². The summed E-state index contributed by atoms with van der Waals surface area (Å²) in [5, 5.41) is 11.5. The third-order valence-electron chi connectivity index (χ3n) is 6.61. The lowest BCUT2D eigenvalue weighted by atomic mass is 10.0. The van der Waals surface area contributed by atoms with Crippen LogP contribution in [0.25, 0.3) is 55.7 Å². The topological polar surface area (TPSA) is 112 Å². The number of fused-ring (bicyclic) bond motifs is 2. The Morgan fingerprint density at radius 1 is 0.919 bits per heavy atom. The Morgan fingerprint density at radius 3 is 2.59 bits per heavy atom. The minimum Gasteiger partial charge on any atom is -0.352 e. The van der Waals surface area contributed by atoms with Crippen molar-refractivity contribution in [1.29, 1.82) is 0 Å². The quantitative estimate of drug-likeness (QED) is 0.287. The fourth-order valence-electron chi connectivity index (χ4n) is 4.52. The Kier molecular flexibility index (Phi) is 4.81. The highest BCUT2D eigenvalue weighted by Gasteiger charge is 2.29. The Labute approximate surface area is 210 Å². The van der Waals surface area contributed by atoms with Gasteiger partial charge in [0.05, 0.1) is 40.5 Å². The highest BCUT2D eigenvalue weighted by molar-refractivity contribution is 6.00. The van der Waals surface area contributed by atoms with Crippen LogP contribution in [0, 0.1) is 11.7 Å². The molecule has 1 aliphatic rings. The highest BCUT2D eigenvalue weighted by Crippen LogP contribution is 2.34. The molecule has 0 saturated heterocycles. The van der Waals surface area contributed by atoms with Crippen molar-refractivity contribution in [2.75, 3.05) is 5.32 Å². The zero-order valence-corrected chi connectivity index (χ0v) is 19.5. The zero-order valence-electron chi connectivity index (χ0n) is 19.5. The second-order valence-electron chi connectivity index (χ2n) is 9.23. The van der Waals surface area contributed by atoms with Crippen LogP contribution in [0.1, 0.15) is 12.8 Å². The van der Waals surface area contributed by atoms with Crippen LogP contribution in [0.4, 0.5) is 10.1 Å². The van der Waals surface area contributed by atoms with Crippen molar-refractivity contribution >= 4 is 33.5 Å². The molecule has 0 atom stereocenters. The summed E-state index contributed by atoms with van der Waals surface area (Å²) in [6, 6.07) is 14.1. The molecule has 0 aliphatic heterocycles. The van der Waals surface area contributed by atoms with Crippen LogP contribution < -0.4 is 5.32 Å². The first-order valence-corrected chi connectivity index (χ1v) is 12.0. The van der Waals surface area contributed by atoms with Crippen LogP contribution in [-0.4, -0.2) is 36.0 Å². The molecule has 0 radical (unpaired) electrons. The molecule has 1 saturated carbocycles. The summed E-state index contributed by atoms with van der Waals surface area (Å²) >= 11 is 0. The fourth-order valence-corrected chi connectivity index (χ4v) is 4.52. The summed E-state index contributed by atoms with van der Waals surface area (Å²) in [5.41, 5.74) is 7.72. The monoisotopic (exact) mass is 489 g/mol. The first-order valence-electron chi connectivity index (χ1n) is 12.0. The van der Waals surface area contributed by atoms with Gasteiger partial charge in [0.2, 0.25) is 5.91 Å². The van der Waals surface area contributed by atoms with E-state index in [-0.39, 0.29) is 17.6 Å². The Hall–Kier alpha value is -4.92. The summed E-state index contributed by atoms with van der Waals surface area (Å²) in [7, 11) is 0. The second-order valence-corrected chi connectivity index (χ2v) is 9.23. The number of nitrogens with one attached hydrogen (secondary N) is 3. The standard InChI is InChI=1S/C28H20FN7O/c29-18-5-3-15(4-6-18)21-13-31-14-25-20(21)10-24(33-25)27-26-23(35-36-27)8-7-22(34-26)17-9-19(12-30-11-17)32-28(37)16-1-2-16/h3-14,16,33H,1-2H2,(H,32,37)(H,35,36). The summed E-state index contributed by atoms with van der Waals surface area (Å²) < 4.78 is 13.5. The number of rotatable bonds is 5. The van der Waals surface area contributed by atoms with E-state index in [1.54, 1.807) is 36.9 Å². The third kappa shape index (κ3) is 3.90. The van der Waals surface area contributed by atoms with E-state index >= 15 is 0 Å². The van der Waals surface area contributed by atoms with E-state index in [9.17, 15) is 9.18 Å². The number of aromatic nitrogens is 6. The predicted octanol–water partition coefficient (Wildman–Crippen LogP) is 5.72. The molecule has 1 fully saturated rings. The van der Waals surface area contributed by atoms with Crippen molar-refractivity contribution in [3.05, 3.63) is 79.1 Å². The van der Waals surface area contributed by atoms with Gasteiger partial charge in [-0.1, -0.05) is 12.1 Å². The minimum atomic E-state index is -0.283. The van der Waals surface area contributed by atoms with Crippen molar-refractivity contribution in [2.45, 2.75) is 12.8 Å². The van der Waals surface area contributed by atoms with E-state index in [0.29, 0.717) is 16.9 Å². The molecule has 180 valence electrons. The number of aromatic amines is 2. The van der Waals surface area contributed by atoms with Crippen LogP contribution in [-0.2, 0) is 4.79 Å². The lowest BCUT2D eigenvalue weighted by Gasteiger charge is -2.06. The number of hydrogen-bond acceptors (Lipinski definition) is 5. The van der Waals surface area contributed by atoms with Crippen LogP contribution in [0.15, 0.2) is 73.3 Å². The maximum atomic E-state index is 13.5. The molecule has 7 rings (SSSR count). The molecule has 6 aromatic rings. The average molecular weight is 490 g/mol. The number of benzene rings is 1. The fraction of sp³-hybridized carbons (Fsp3) is 0.107. The zero-order chi connectivity index (χ0) is 24.9. The molecule has 0 spiro atoms. The van der Waals surface area contributed by atoms with Crippen LogP contribution in [0.3, 0.4) is 0 Å². The molecule has 8 nitrogen and oxygen atoms in total. The number of carbonyl (C=O) groups is 1. The normalized spacial score (nSPS) is 13.3. The number of nitrogens with zero attached hydrogens (tertiary/aromatic N) is 4. The number of anilines is 1. The summed E-state index contributed by atoms with van der Waals surface area (Å²) in [5.74, 6) is -0.135. The molecular weight excluding hydrogens is 469 g/mol. The molecular formula is C28H20FN7O. The number of carbonyl (C=O) groups excluding carboxylic acids is 1. The van der Waals surface area contributed by atoms with E-state index in [0.717, 1.165) is 57.3 Å². The minimum absolute atomic E-state index is 0.0350. The molecule has 1 aliphatic carbocycles. The van der Waals surface area contributed by atoms with E-state index in [4.69, 9.17) is 4.98 Å². The summed E-state index contributed by atoms with van der Waals surface area (Å²) in [6.07, 6.45) is 8.78. The predicted molar refractivity (Wildman–Crippen MR) is 139 cm³/mol. The molecule has 0 bridgehead atoms. The smallest absolute Gasteiger partial charge is 0.227 e. The van der Waals surface area contributed by atoms with Crippen LogP contribution in [0.5, 0.6) is 0 Å². The molecule has 5 aromatic heterocycles. The van der Waals surface area contributed by atoms with Crippen molar-refractivity contribution < 1.29 is 9.18 Å². The number of pyridine rings is 3. The SMILES string of the molecule is O=C(Nc1cncc(-c2ccc3[nH]nc(-c4cc5c(-c6ccc(F)cc6)cncc5[nH]4)c3n2)c1)C1CC1. The van der Waals surface area contributed by atoms with Gasteiger partial charge < -0.3 is 10.3 Å². The number of H-pyrrole nitrogens is 2. The van der Waals surface area contributed by atoms with Crippen molar-refractivity contribution in [3.8, 4) is 33.8 Å². The largest absolute Gasteiger partial charge is 0.352 e. The highest BCUT2D eigenvalue weighted by atomic mass is 19.1. The van der Waals surface area contributed by atoms with Gasteiger partial charge in [0.15, 0.2) is 0 Å². The van der Waals surface area contributed by atoms with E-state index in [1.807, 2.05) is 24.3 Å². The van der Waals surface area contributed by atoms with Gasteiger partial charge in [0, 0.05) is 34.8 Å². The van der Waals surface area contributed by atoms with Crippen molar-refractivity contribution in [3.63, 3.8) is 0 Å². The van der Waals surface area contributed by atoms with E-state index < -0.39 is 0 Å². The van der Waals surface area contributed by atoms with Gasteiger partial charge in [-0.05, 0) is 54.8 Å². The van der Waals surface area contributed by atoms with Crippen LogP contribution in [0.2, 0.25) is 0 Å². The summed E-state index contributed by atoms with van der Waals surface area (Å²) in [6.45, 7) is 0. The molecule has 5 heterocycles. The van der Waals surface area contributed by atoms with Gasteiger partial charge in [-0.25, -0.2) is 9.37 Å². The van der Waals surface area contributed by atoms with Crippen molar-refractivity contribution in [1.82, 2.24) is 30.1 Å². The molecule has 1 amide bonds. The number of amides is 1. The van der Waals surface area contributed by atoms with Gasteiger partial charge in [0.1, 0.15) is 17.0 Å². The lowest BCUT2D eigenvalue weighted by Crippen LogP contribution is -2.13.